The molecule has 3 aromatic carbocycles. The SMILES string of the molecule is O=C(C=Cc1ccccc1)Oc1ccc(Nc2ncnc3ccccc23)cc1. The molecule has 0 radical (unpaired) electrons. The van der Waals surface area contributed by atoms with E-state index in [4.69, 9.17) is 4.74 Å². The van der Waals surface area contributed by atoms with Crippen LogP contribution in [0.3, 0.4) is 0 Å². The molecular formula is C23H17N3O2. The van der Waals surface area contributed by atoms with Crippen molar-refractivity contribution in [1.29, 1.82) is 0 Å². The number of carbonyl (C=O) groups excluding carboxylic acids is 1. The van der Waals surface area contributed by atoms with Crippen LogP contribution in [0.15, 0.2) is 91.3 Å². The summed E-state index contributed by atoms with van der Waals surface area (Å²) in [6.45, 7) is 0. The lowest BCUT2D eigenvalue weighted by Gasteiger charge is -2.09. The van der Waals surface area contributed by atoms with E-state index in [9.17, 15) is 4.79 Å². The largest absolute Gasteiger partial charge is 0.423 e. The number of nitrogens with one attached hydrogen (secondary N) is 1. The highest BCUT2D eigenvalue weighted by Gasteiger charge is 2.05. The van der Waals surface area contributed by atoms with Gasteiger partial charge in [0.25, 0.3) is 0 Å². The minimum Gasteiger partial charge on any atom is -0.423 e. The van der Waals surface area contributed by atoms with E-state index in [1.54, 1.807) is 18.2 Å². The van der Waals surface area contributed by atoms with Gasteiger partial charge in [0.2, 0.25) is 0 Å². The molecule has 1 N–H and O–H groups in total. The number of esters is 1. The number of fused-ring (bicyclic) bond motifs is 1. The summed E-state index contributed by atoms with van der Waals surface area (Å²) in [6.07, 6.45) is 4.66. The Morgan fingerprint density at radius 3 is 2.43 bits per heavy atom. The Hall–Kier alpha value is -3.99. The van der Waals surface area contributed by atoms with Crippen molar-refractivity contribution in [2.75, 3.05) is 5.32 Å². The average molecular weight is 367 g/mol. The van der Waals surface area contributed by atoms with Crippen molar-refractivity contribution >= 4 is 34.5 Å². The summed E-state index contributed by atoms with van der Waals surface area (Å²) in [4.78, 5) is 20.5. The molecule has 136 valence electrons. The molecule has 0 saturated carbocycles. The van der Waals surface area contributed by atoms with E-state index in [2.05, 4.69) is 15.3 Å². The molecule has 0 spiro atoms. The summed E-state index contributed by atoms with van der Waals surface area (Å²) in [5.74, 6) is 0.772. The van der Waals surface area contributed by atoms with Crippen molar-refractivity contribution in [2.45, 2.75) is 0 Å². The fraction of sp³-hybridized carbons (Fsp3) is 0. The number of carbonyl (C=O) groups is 1. The maximum Gasteiger partial charge on any atom is 0.336 e. The van der Waals surface area contributed by atoms with Gasteiger partial charge in [0, 0.05) is 17.1 Å². The molecule has 1 aromatic heterocycles. The van der Waals surface area contributed by atoms with Gasteiger partial charge in [-0.2, -0.15) is 0 Å². The van der Waals surface area contributed by atoms with Crippen molar-refractivity contribution in [3.63, 3.8) is 0 Å². The molecule has 5 nitrogen and oxygen atoms in total. The van der Waals surface area contributed by atoms with Gasteiger partial charge in [0.1, 0.15) is 17.9 Å². The Morgan fingerprint density at radius 1 is 0.857 bits per heavy atom. The normalized spacial score (nSPS) is 10.9. The number of rotatable bonds is 5. The molecule has 0 aliphatic rings. The minimum atomic E-state index is -0.425. The number of anilines is 2. The maximum absolute atomic E-state index is 12.0. The average Bonchev–Trinajstić information content (AvgIpc) is 2.75. The molecule has 0 bridgehead atoms. The van der Waals surface area contributed by atoms with Crippen LogP contribution in [0.1, 0.15) is 5.56 Å². The molecule has 0 saturated heterocycles. The molecule has 1 heterocycles. The fourth-order valence-electron chi connectivity index (χ4n) is 2.73. The van der Waals surface area contributed by atoms with Crippen LogP contribution in [0.2, 0.25) is 0 Å². The number of para-hydroxylation sites is 1. The monoisotopic (exact) mass is 367 g/mol. The second kappa shape index (κ2) is 8.14. The Morgan fingerprint density at radius 2 is 1.61 bits per heavy atom. The van der Waals surface area contributed by atoms with Gasteiger partial charge in [0.15, 0.2) is 0 Å². The topological polar surface area (TPSA) is 64.1 Å². The molecule has 0 fully saturated rings. The van der Waals surface area contributed by atoms with Crippen molar-refractivity contribution < 1.29 is 9.53 Å². The van der Waals surface area contributed by atoms with Gasteiger partial charge in [-0.15, -0.1) is 0 Å². The Balaban J connectivity index is 1.42. The van der Waals surface area contributed by atoms with Gasteiger partial charge in [-0.05, 0) is 48.0 Å². The van der Waals surface area contributed by atoms with Gasteiger partial charge >= 0.3 is 5.97 Å². The number of nitrogens with zero attached hydrogens (tertiary/aromatic N) is 2. The lowest BCUT2D eigenvalue weighted by Crippen LogP contribution is -2.03. The smallest absolute Gasteiger partial charge is 0.336 e. The number of aromatic nitrogens is 2. The summed E-state index contributed by atoms with van der Waals surface area (Å²) in [5.41, 5.74) is 2.65. The van der Waals surface area contributed by atoms with Gasteiger partial charge in [-0.3, -0.25) is 0 Å². The van der Waals surface area contributed by atoms with E-state index in [-0.39, 0.29) is 0 Å². The van der Waals surface area contributed by atoms with Crippen molar-refractivity contribution in [2.24, 2.45) is 0 Å². The molecule has 4 rings (SSSR count). The van der Waals surface area contributed by atoms with Gasteiger partial charge in [-0.25, -0.2) is 14.8 Å². The van der Waals surface area contributed by atoms with Crippen molar-refractivity contribution in [3.8, 4) is 5.75 Å². The second-order valence-electron chi connectivity index (χ2n) is 6.05. The first-order valence-electron chi connectivity index (χ1n) is 8.80. The summed E-state index contributed by atoms with van der Waals surface area (Å²) in [5, 5.41) is 4.21. The number of hydrogen-bond donors (Lipinski definition) is 1. The molecule has 0 unspecified atom stereocenters. The van der Waals surface area contributed by atoms with Crippen molar-refractivity contribution in [3.05, 3.63) is 96.8 Å². The van der Waals surface area contributed by atoms with Gasteiger partial charge in [0.05, 0.1) is 5.52 Å². The van der Waals surface area contributed by atoms with Gasteiger partial charge < -0.3 is 10.1 Å². The van der Waals surface area contributed by atoms with E-state index in [0.717, 1.165) is 28.0 Å². The molecule has 4 aromatic rings. The number of ether oxygens (including phenoxy) is 1. The third-order valence-corrected chi connectivity index (χ3v) is 4.09. The highest BCUT2D eigenvalue weighted by Crippen LogP contribution is 2.24. The lowest BCUT2D eigenvalue weighted by atomic mass is 10.2. The van der Waals surface area contributed by atoms with Crippen LogP contribution in [0, 0.1) is 0 Å². The quantitative estimate of drug-likeness (QED) is 0.306. The van der Waals surface area contributed by atoms with E-state index in [0.29, 0.717) is 5.75 Å². The molecule has 0 aliphatic heterocycles. The highest BCUT2D eigenvalue weighted by molar-refractivity contribution is 5.90. The van der Waals surface area contributed by atoms with Crippen LogP contribution in [0.4, 0.5) is 11.5 Å². The predicted octanol–water partition coefficient (Wildman–Crippen LogP) is 4.99. The molecule has 5 heteroatoms. The Labute approximate surface area is 162 Å². The molecular weight excluding hydrogens is 350 g/mol. The maximum atomic E-state index is 12.0. The van der Waals surface area contributed by atoms with Crippen LogP contribution in [-0.4, -0.2) is 15.9 Å². The van der Waals surface area contributed by atoms with E-state index in [1.807, 2.05) is 66.7 Å². The zero-order valence-electron chi connectivity index (χ0n) is 14.9. The first-order chi connectivity index (χ1) is 13.8. The Kier molecular flexibility index (Phi) is 5.06. The van der Waals surface area contributed by atoms with E-state index >= 15 is 0 Å². The standard InChI is InChI=1S/C23H17N3O2/c27-22(15-10-17-6-2-1-3-7-17)28-19-13-11-18(12-14-19)26-23-20-8-4-5-9-21(20)24-16-25-23/h1-16H,(H,24,25,26). The highest BCUT2D eigenvalue weighted by atomic mass is 16.5. The van der Waals surface area contributed by atoms with Crippen LogP contribution in [0.5, 0.6) is 5.75 Å². The summed E-state index contributed by atoms with van der Waals surface area (Å²) in [7, 11) is 0. The summed E-state index contributed by atoms with van der Waals surface area (Å²) >= 11 is 0. The van der Waals surface area contributed by atoms with Crippen LogP contribution in [0.25, 0.3) is 17.0 Å². The van der Waals surface area contributed by atoms with Crippen molar-refractivity contribution in [1.82, 2.24) is 9.97 Å². The first kappa shape index (κ1) is 17.4. The zero-order valence-corrected chi connectivity index (χ0v) is 14.9. The molecule has 28 heavy (non-hydrogen) atoms. The molecule has 0 amide bonds. The fourth-order valence-corrected chi connectivity index (χ4v) is 2.73. The zero-order chi connectivity index (χ0) is 19.2. The predicted molar refractivity (Wildman–Crippen MR) is 110 cm³/mol. The van der Waals surface area contributed by atoms with E-state index < -0.39 is 5.97 Å². The first-order valence-corrected chi connectivity index (χ1v) is 8.80. The summed E-state index contributed by atoms with van der Waals surface area (Å²) in [6, 6.07) is 24.5. The van der Waals surface area contributed by atoms with Gasteiger partial charge in [-0.1, -0.05) is 42.5 Å². The lowest BCUT2D eigenvalue weighted by molar-refractivity contribution is -0.128. The Bertz CT molecular complexity index is 1120. The van der Waals surface area contributed by atoms with Crippen LogP contribution in [-0.2, 0) is 4.79 Å². The minimum absolute atomic E-state index is 0.425. The second-order valence-corrected chi connectivity index (χ2v) is 6.05. The van der Waals surface area contributed by atoms with Crippen LogP contribution >= 0.6 is 0 Å². The molecule has 0 aliphatic carbocycles. The van der Waals surface area contributed by atoms with E-state index in [1.165, 1.54) is 12.4 Å². The number of benzene rings is 3. The summed E-state index contributed by atoms with van der Waals surface area (Å²) < 4.78 is 5.33. The third-order valence-electron chi connectivity index (χ3n) is 4.09. The van der Waals surface area contributed by atoms with Crippen LogP contribution < -0.4 is 10.1 Å². The molecule has 0 atom stereocenters. The number of hydrogen-bond acceptors (Lipinski definition) is 5. The third kappa shape index (κ3) is 4.22.